The second kappa shape index (κ2) is 22.7. The first kappa shape index (κ1) is 52.4. The van der Waals surface area contributed by atoms with Crippen molar-refractivity contribution >= 4 is 99.4 Å². The third-order valence-electron chi connectivity index (χ3n) is 6.51. The molecule has 0 aliphatic heterocycles. The molecule has 1 heterocycles. The Kier molecular flexibility index (Phi) is 21.2. The van der Waals surface area contributed by atoms with Crippen LogP contribution in [0.4, 0.5) is 34.6 Å². The molecule has 0 fully saturated rings. The number of hydrogen-bond acceptors (Lipinski definition) is 21. The summed E-state index contributed by atoms with van der Waals surface area (Å²) in [6, 6.07) is 16.2. The van der Waals surface area contributed by atoms with Gasteiger partial charge in [0.05, 0.1) is 39.1 Å². The van der Waals surface area contributed by atoms with Crippen LogP contribution < -0.4 is 105 Å². The number of fused-ring (bicyclic) bond motifs is 1. The largest absolute Gasteiger partial charge is 1.00 e. The molecule has 4 aromatic carbocycles. The van der Waals surface area contributed by atoms with Gasteiger partial charge in [-0.25, -0.2) is 25.3 Å². The molecule has 0 radical (unpaired) electrons. The van der Waals surface area contributed by atoms with E-state index in [-0.39, 0.29) is 140 Å². The van der Waals surface area contributed by atoms with Gasteiger partial charge in [-0.2, -0.15) is 19.3 Å². The normalized spacial score (nSPS) is 11.5. The number of aromatic nitrogens is 3. The van der Waals surface area contributed by atoms with E-state index in [1.54, 1.807) is 12.1 Å². The SMILES string of the molecule is C.O=S(=O)([O-])OCCS(=O)(=O)c1ccc(Nc2nc(Cl)nc(Nc3ccc4cc(SOO[O-])c(N=Nc5ccccc5S(=O)(=O)[O-])c(O)c4c3)n2)cc1.[Na+].[Na+].[Na+]. The van der Waals surface area contributed by atoms with E-state index in [4.69, 9.17) is 11.6 Å². The molecular weight excluding hydrogens is 875 g/mol. The van der Waals surface area contributed by atoms with Crippen LogP contribution in [0, 0.1) is 0 Å². The maximum atomic E-state index is 12.4. The quantitative estimate of drug-likeness (QED) is 0.0169. The van der Waals surface area contributed by atoms with E-state index >= 15 is 0 Å². The zero-order chi connectivity index (χ0) is 37.7. The van der Waals surface area contributed by atoms with Crippen molar-refractivity contribution in [1.29, 1.82) is 0 Å². The number of benzene rings is 4. The smallest absolute Gasteiger partial charge is 0.744 e. The Morgan fingerprint density at radius 1 is 0.821 bits per heavy atom. The van der Waals surface area contributed by atoms with Crippen LogP contribution >= 0.6 is 23.6 Å². The Bertz CT molecular complexity index is 2510. The summed E-state index contributed by atoms with van der Waals surface area (Å²) in [5, 5.41) is 39.0. The van der Waals surface area contributed by atoms with E-state index in [0.717, 1.165) is 6.07 Å². The third-order valence-corrected chi connectivity index (χ3v) is 10.3. The van der Waals surface area contributed by atoms with Gasteiger partial charge in [-0.3, -0.25) is 9.22 Å². The molecule has 28 heteroatoms. The maximum absolute atomic E-state index is 12.4. The maximum Gasteiger partial charge on any atom is 1.00 e. The predicted octanol–water partition coefficient (Wildman–Crippen LogP) is -4.68. The molecule has 5 aromatic rings. The van der Waals surface area contributed by atoms with Crippen molar-refractivity contribution < 1.29 is 147 Å². The zero-order valence-electron chi connectivity index (χ0n) is 28.4. The van der Waals surface area contributed by atoms with Crippen LogP contribution in [-0.4, -0.2) is 66.8 Å². The van der Waals surface area contributed by atoms with Gasteiger partial charge in [-0.05, 0) is 71.6 Å². The van der Waals surface area contributed by atoms with Crippen molar-refractivity contribution in [3.8, 4) is 5.75 Å². The summed E-state index contributed by atoms with van der Waals surface area (Å²) >= 11 is 6.49. The fraction of sp³-hybridized carbons (Fsp3) is 0.107. The van der Waals surface area contributed by atoms with Crippen LogP contribution in [0.1, 0.15) is 7.43 Å². The zero-order valence-corrected chi connectivity index (χ0v) is 38.5. The number of azo groups is 1. The molecule has 0 aliphatic rings. The van der Waals surface area contributed by atoms with Crippen LogP contribution in [0.15, 0.2) is 97.7 Å². The Morgan fingerprint density at radius 2 is 1.43 bits per heavy atom. The molecule has 5 rings (SSSR count). The van der Waals surface area contributed by atoms with Crippen molar-refractivity contribution in [1.82, 2.24) is 15.0 Å². The van der Waals surface area contributed by atoms with E-state index in [2.05, 4.69) is 49.4 Å². The molecular formula is C28H23ClN7Na3O13S4. The average molecular weight is 898 g/mol. The molecule has 1 aromatic heterocycles. The van der Waals surface area contributed by atoms with Gasteiger partial charge in [0, 0.05) is 16.8 Å². The van der Waals surface area contributed by atoms with Gasteiger partial charge in [-0.1, -0.05) is 25.6 Å². The van der Waals surface area contributed by atoms with Crippen molar-refractivity contribution in [3.63, 3.8) is 0 Å². The number of anilines is 4. The van der Waals surface area contributed by atoms with Gasteiger partial charge in [0.1, 0.15) is 21.5 Å². The van der Waals surface area contributed by atoms with Gasteiger partial charge in [0.15, 0.2) is 15.6 Å². The topological polar surface area (TPSA) is 307 Å². The van der Waals surface area contributed by atoms with Crippen LogP contribution in [0.5, 0.6) is 5.75 Å². The molecule has 0 saturated carbocycles. The van der Waals surface area contributed by atoms with Crippen LogP contribution in [0.2, 0.25) is 5.28 Å². The molecule has 3 N–H and O–H groups in total. The van der Waals surface area contributed by atoms with Crippen molar-refractivity contribution in [2.75, 3.05) is 23.0 Å². The van der Waals surface area contributed by atoms with Gasteiger partial charge in [0.25, 0.3) is 0 Å². The predicted molar refractivity (Wildman–Crippen MR) is 184 cm³/mol. The number of phenols is 1. The van der Waals surface area contributed by atoms with E-state index in [9.17, 15) is 44.7 Å². The van der Waals surface area contributed by atoms with Crippen LogP contribution in [-0.2, 0) is 43.9 Å². The molecule has 20 nitrogen and oxygen atoms in total. The van der Waals surface area contributed by atoms with Crippen molar-refractivity contribution in [2.45, 2.75) is 22.1 Å². The minimum Gasteiger partial charge on any atom is -0.744 e. The van der Waals surface area contributed by atoms with E-state index < -0.39 is 53.4 Å². The first-order valence-electron chi connectivity index (χ1n) is 13.8. The number of aromatic hydroxyl groups is 1. The number of nitrogens with one attached hydrogen (secondary N) is 2. The first-order chi connectivity index (χ1) is 24.5. The molecule has 282 valence electrons. The average Bonchev–Trinajstić information content (AvgIpc) is 3.06. The molecule has 0 unspecified atom stereocenters. The number of nitrogens with zero attached hydrogens (tertiary/aromatic N) is 5. The van der Waals surface area contributed by atoms with Crippen LogP contribution in [0.25, 0.3) is 10.8 Å². The molecule has 0 aliphatic carbocycles. The van der Waals surface area contributed by atoms with E-state index in [1.807, 2.05) is 0 Å². The fourth-order valence-corrected chi connectivity index (χ4v) is 7.06. The fourth-order valence-electron chi connectivity index (χ4n) is 4.31. The summed E-state index contributed by atoms with van der Waals surface area (Å²) in [4.78, 5) is 11.4. The summed E-state index contributed by atoms with van der Waals surface area (Å²) in [6.07, 6.45) is 0. The number of rotatable bonds is 15. The number of halogens is 1. The minimum atomic E-state index is -5.05. The summed E-state index contributed by atoms with van der Waals surface area (Å²) in [5.74, 6) is -1.39. The van der Waals surface area contributed by atoms with Crippen molar-refractivity contribution in [2.24, 2.45) is 10.2 Å². The molecule has 56 heavy (non-hydrogen) atoms. The van der Waals surface area contributed by atoms with Crippen molar-refractivity contribution in [3.05, 3.63) is 78.1 Å². The van der Waals surface area contributed by atoms with Gasteiger partial charge in [0.2, 0.25) is 27.6 Å². The van der Waals surface area contributed by atoms with Gasteiger partial charge in [-0.15, -0.1) is 10.2 Å². The van der Waals surface area contributed by atoms with E-state index in [0.29, 0.717) is 28.8 Å². The Labute approximate surface area is 395 Å². The number of phenolic OH excluding ortho intramolecular Hbond substituents is 1. The number of hydrogen-bond donors (Lipinski definition) is 3. The Morgan fingerprint density at radius 3 is 2.04 bits per heavy atom. The molecule has 0 saturated heterocycles. The standard InChI is InChI=1S/C27H22ClN7O13S4.CH4.3Na/c28-25-31-26(29-16-7-9-18(10-8-16)50(38,39)12-11-46-52(43,44)45)33-27(32-25)30-17-6-5-15-13-21(49-48-47-37)23(24(36)19(15)14-17)35-34-20-3-1-2-4-22(20)51(40,41)42;;;;/h1-10,13-14,36-37H,11-12H2,(H,40,41,42)(H,43,44,45)(H2,29,30,31,32,33);1H4;;;/q;;3*+1/p-3. The Balaban J connectivity index is 0.00000392. The molecule has 0 bridgehead atoms. The monoisotopic (exact) mass is 897 g/mol. The van der Waals surface area contributed by atoms with Gasteiger partial charge >= 0.3 is 88.7 Å². The number of sulfone groups is 1. The summed E-state index contributed by atoms with van der Waals surface area (Å²) in [7, 11) is -14.0. The summed E-state index contributed by atoms with van der Waals surface area (Å²) < 4.78 is 100.0. The summed E-state index contributed by atoms with van der Waals surface area (Å²) in [6.45, 7) is -0.851. The summed E-state index contributed by atoms with van der Waals surface area (Å²) in [5.41, 5.74) is 0.0354. The molecule has 0 spiro atoms. The van der Waals surface area contributed by atoms with Gasteiger partial charge < -0.3 is 30.1 Å². The second-order valence-corrected chi connectivity index (χ2v) is 15.5. The molecule has 0 atom stereocenters. The minimum absolute atomic E-state index is 0. The third kappa shape index (κ3) is 14.6. The second-order valence-electron chi connectivity index (χ2n) is 9.92. The Hall–Kier alpha value is -1.60. The van der Waals surface area contributed by atoms with Crippen LogP contribution in [0.3, 0.4) is 0 Å². The first-order valence-corrected chi connectivity index (χ1v) is 19.3. The molecule has 0 amide bonds. The van der Waals surface area contributed by atoms with E-state index in [1.165, 1.54) is 54.6 Å².